The number of aliphatic hydroxyl groups is 4. The van der Waals surface area contributed by atoms with Gasteiger partial charge in [0, 0.05) is 38.6 Å². The van der Waals surface area contributed by atoms with Crippen LogP contribution in [-0.2, 0) is 137 Å². The first-order valence-electron chi connectivity index (χ1n) is 46.6. The van der Waals surface area contributed by atoms with Crippen LogP contribution in [0.25, 0.3) is 0 Å². The lowest BCUT2D eigenvalue weighted by atomic mass is 10.0. The van der Waals surface area contributed by atoms with Crippen LogP contribution >= 0.6 is 0 Å². The third kappa shape index (κ3) is 45.5. The van der Waals surface area contributed by atoms with Crippen LogP contribution < -0.4 is 113 Å². The van der Waals surface area contributed by atoms with E-state index in [0.717, 1.165) is 11.8 Å². The molecule has 0 spiro atoms. The van der Waals surface area contributed by atoms with E-state index in [4.69, 9.17) is 22.3 Å². The largest absolute Gasteiger partial charge is 0.481 e. The van der Waals surface area contributed by atoms with Crippen molar-refractivity contribution >= 4 is 154 Å². The van der Waals surface area contributed by atoms with E-state index in [9.17, 15) is 166 Å². The molecule has 0 radical (unpaired) electrons. The van der Waals surface area contributed by atoms with Gasteiger partial charge in [-0.2, -0.15) is 0 Å². The maximum atomic E-state index is 14.6. The number of benzene rings is 2. The minimum atomic E-state index is -2.20. The van der Waals surface area contributed by atoms with Gasteiger partial charge in [-0.3, -0.25) is 120 Å². The number of carbonyl (C=O) groups is 26. The summed E-state index contributed by atoms with van der Waals surface area (Å²) >= 11 is 0. The lowest BCUT2D eigenvalue weighted by Crippen LogP contribution is -2.62. The van der Waals surface area contributed by atoms with E-state index < -0.39 is 372 Å². The van der Waals surface area contributed by atoms with Crippen LogP contribution in [0.1, 0.15) is 157 Å². The smallest absolute Gasteiger partial charge is 0.326 e. The normalized spacial score (nSPS) is 15.8. The fourth-order valence-corrected chi connectivity index (χ4v) is 14.3. The molecule has 1 fully saturated rings. The zero-order chi connectivity index (χ0) is 111. The number of rotatable bonds is 66. The summed E-state index contributed by atoms with van der Waals surface area (Å²) < 4.78 is 0. The van der Waals surface area contributed by atoms with Gasteiger partial charge in [-0.25, -0.2) is 4.79 Å². The van der Waals surface area contributed by atoms with Crippen LogP contribution in [-0.4, -0.2) is 359 Å². The highest BCUT2D eigenvalue weighted by molar-refractivity contribution is 6.03. The Morgan fingerprint density at radius 1 is 0.347 bits per heavy atom. The van der Waals surface area contributed by atoms with E-state index in [2.05, 4.69) is 79.8 Å². The Labute approximate surface area is 841 Å². The van der Waals surface area contributed by atoms with Crippen LogP contribution in [0.15, 0.2) is 60.7 Å². The number of primary amides is 2. The molecule has 3 rings (SSSR count). The summed E-state index contributed by atoms with van der Waals surface area (Å²) in [5.41, 5.74) is 17.3. The number of nitrogens with zero attached hydrogens (tertiary/aromatic N) is 1. The molecular formula is C90H134N22O35. The van der Waals surface area contributed by atoms with Gasteiger partial charge in [0.25, 0.3) is 0 Å². The van der Waals surface area contributed by atoms with E-state index in [1.54, 1.807) is 64.1 Å². The van der Waals surface area contributed by atoms with Gasteiger partial charge in [0.2, 0.25) is 124 Å². The van der Waals surface area contributed by atoms with E-state index in [0.29, 0.717) is 5.56 Å². The van der Waals surface area contributed by atoms with Crippen LogP contribution in [0.5, 0.6) is 0 Å². The lowest BCUT2D eigenvalue weighted by Gasteiger charge is -2.30. The van der Waals surface area contributed by atoms with Crippen molar-refractivity contribution in [3.05, 3.63) is 71.8 Å². The molecule has 2 aromatic carbocycles. The standard InChI is InChI=1S/C90H134N22O35/c1-41(2)29-53(101-73(129)44(7)97-83(139)59(38-113)107-80(136)54(30-42(3)4)102-74(130)49(91)33-69(125)126)79(135)103-55(31-47-17-12-10-13-18-47)75(131)95-36-65(119)94-37-66(120)96-45(8)89(145)112-28-16-21-62(112)86(142)111-72(46(9)116)88(144)109-61(40-115)85(141)108-60(39-114)84(140)105-57(34-64(93)118)82(138)100-51(23-26-67(121)122)77(133)104-56(32-48-19-14-11-15-20-48)81(137)99-50(22-25-63(92)117)76(132)98-52(24-27-68(123)124)78(134)110-71(43(5)6)87(143)106-58(90(146)147)35-70(127)128/h10-15,17-20,41-46,49-62,71-72,113-116H,16,21-40,91H2,1-9H3,(H2,92,117)(H2,93,118)(H,94,119)(H,95,131)(H,96,120)(H,97,139)(H,98,132)(H,99,137)(H,100,138)(H,101,129)(H,102,130)(H,103,135)(H,104,133)(H,105,140)(H,106,143)(H,107,136)(H,108,141)(H,109,144)(H,110,134)(H,111,142)(H,121,122)(H,123,124)(H,125,126)(H,127,128)(H,146,147)/t44-,45-,46+,49-,50-,51-,52-,53-,54-,55-,56-,57-,58-,59-,60-,61-,62-,71-,72-/m0/s1. The molecular weight excluding hydrogens is 1950 g/mol. The Bertz CT molecular complexity index is 4990. The van der Waals surface area contributed by atoms with E-state index in [1.807, 2.05) is 16.0 Å². The summed E-state index contributed by atoms with van der Waals surface area (Å²) in [5.74, 6) is -33.8. The Balaban J connectivity index is 1.75. The average molecular weight is 2080 g/mol. The number of likely N-dealkylation sites (tertiary alicyclic amines) is 1. The molecule has 2 aromatic rings. The Kier molecular flexibility index (Phi) is 53.7. The summed E-state index contributed by atoms with van der Waals surface area (Å²) in [6, 6.07) is -16.1. The van der Waals surface area contributed by atoms with E-state index >= 15 is 0 Å². The molecule has 19 atom stereocenters. The van der Waals surface area contributed by atoms with Gasteiger partial charge in [0.05, 0.1) is 64.3 Å². The molecule has 33 N–H and O–H groups in total. The van der Waals surface area contributed by atoms with Crippen molar-refractivity contribution in [2.45, 2.75) is 273 Å². The van der Waals surface area contributed by atoms with Gasteiger partial charge < -0.3 is 164 Å². The van der Waals surface area contributed by atoms with Crippen LogP contribution in [0.2, 0.25) is 0 Å². The molecule has 0 bridgehead atoms. The SMILES string of the molecule is CC(C)C[C@H](NC(=O)[C@H](C)NC(=O)[C@H](CO)NC(=O)[C@H](CC(C)C)NC(=O)[C@@H](N)CC(=O)O)C(=O)N[C@@H](Cc1ccccc1)C(=O)NCC(=O)NCC(=O)N[C@@H](C)C(=O)N1CCC[C@H]1C(=O)N[C@H](C(=O)N[C@@H](CO)C(=O)N[C@@H](CO)C(=O)N[C@@H](CC(N)=O)C(=O)N[C@@H](CCC(=O)O)C(=O)N[C@@H](Cc1ccccc1)C(=O)N[C@@H](CCC(N)=O)C(=O)N[C@@H](CCC(=O)O)C(=O)N[C@H](C(=O)N[C@@H](CC(=O)O)C(=O)O)C(C)C)[C@@H](C)O. The molecule has 814 valence electrons. The number of nitrogens with two attached hydrogens (primary N) is 3. The van der Waals surface area contributed by atoms with Gasteiger partial charge in [-0.15, -0.1) is 0 Å². The van der Waals surface area contributed by atoms with Crippen molar-refractivity contribution in [2.75, 3.05) is 39.5 Å². The number of nitrogens with one attached hydrogen (secondary N) is 18. The van der Waals surface area contributed by atoms with E-state index in [1.165, 1.54) is 52.0 Å². The minimum Gasteiger partial charge on any atom is -0.481 e. The van der Waals surface area contributed by atoms with Crippen molar-refractivity contribution < 1.29 is 171 Å². The second-order valence-corrected chi connectivity index (χ2v) is 35.8. The number of hydrogen-bond acceptors (Lipinski definition) is 31. The van der Waals surface area contributed by atoms with Gasteiger partial charge in [0.15, 0.2) is 0 Å². The highest BCUT2D eigenvalue weighted by atomic mass is 16.4. The molecule has 1 aliphatic rings. The number of amides is 21. The van der Waals surface area contributed by atoms with Crippen LogP contribution in [0, 0.1) is 17.8 Å². The average Bonchev–Trinajstić information content (AvgIpc) is 1.67. The number of carboxylic acid groups (broad SMARTS) is 5. The van der Waals surface area contributed by atoms with Crippen molar-refractivity contribution in [1.29, 1.82) is 0 Å². The predicted octanol–water partition coefficient (Wildman–Crippen LogP) is -12.2. The summed E-state index contributed by atoms with van der Waals surface area (Å²) in [4.78, 5) is 346. The second kappa shape index (κ2) is 62.9. The Hall–Kier alpha value is -15.5. The van der Waals surface area contributed by atoms with Crippen molar-refractivity contribution in [1.82, 2.24) is 101 Å². The first-order valence-corrected chi connectivity index (χ1v) is 46.6. The first kappa shape index (κ1) is 126. The van der Waals surface area contributed by atoms with Gasteiger partial charge in [0.1, 0.15) is 103 Å². The molecule has 147 heavy (non-hydrogen) atoms. The molecule has 0 aliphatic carbocycles. The summed E-state index contributed by atoms with van der Waals surface area (Å²) in [5, 5.41) is 130. The first-order chi connectivity index (χ1) is 68.9. The summed E-state index contributed by atoms with van der Waals surface area (Å²) in [6.45, 7) is 7.58. The van der Waals surface area contributed by atoms with Crippen molar-refractivity contribution in [2.24, 2.45) is 35.0 Å². The summed E-state index contributed by atoms with van der Waals surface area (Å²) in [6.07, 6.45) is -10.3. The topological polar surface area (TPSA) is 924 Å². The van der Waals surface area contributed by atoms with Crippen molar-refractivity contribution in [3.63, 3.8) is 0 Å². The fraction of sp³-hybridized carbons (Fsp3) is 0.578. The number of carbonyl (C=O) groups excluding carboxylic acids is 21. The maximum Gasteiger partial charge on any atom is 0.326 e. The van der Waals surface area contributed by atoms with Crippen LogP contribution in [0.4, 0.5) is 0 Å². The monoisotopic (exact) mass is 2080 g/mol. The second-order valence-electron chi connectivity index (χ2n) is 35.8. The van der Waals surface area contributed by atoms with Crippen molar-refractivity contribution in [3.8, 4) is 0 Å². The fourth-order valence-electron chi connectivity index (χ4n) is 14.3. The number of hydrogen-bond donors (Lipinski definition) is 30. The van der Waals surface area contributed by atoms with Gasteiger partial charge in [-0.05, 0) is 94.6 Å². The molecule has 21 amide bonds. The number of aliphatic hydroxyl groups excluding tert-OH is 4. The zero-order valence-electron chi connectivity index (χ0n) is 82.1. The Morgan fingerprint density at radius 2 is 0.714 bits per heavy atom. The number of aliphatic carboxylic acids is 5. The highest BCUT2D eigenvalue weighted by Gasteiger charge is 2.43. The molecule has 1 saturated heterocycles. The zero-order valence-corrected chi connectivity index (χ0v) is 82.1. The minimum absolute atomic E-state index is 0.00789. The third-order valence-electron chi connectivity index (χ3n) is 22.1. The number of carboxylic acids is 5. The molecule has 57 heteroatoms. The Morgan fingerprint density at radius 3 is 1.14 bits per heavy atom. The third-order valence-corrected chi connectivity index (χ3v) is 22.1. The quantitative estimate of drug-likeness (QED) is 0.0292. The van der Waals surface area contributed by atoms with E-state index in [-0.39, 0.29) is 56.0 Å². The molecule has 0 unspecified atom stereocenters. The van der Waals surface area contributed by atoms with Gasteiger partial charge in [-0.1, -0.05) is 102 Å². The highest BCUT2D eigenvalue weighted by Crippen LogP contribution is 2.21. The molecule has 1 heterocycles. The molecule has 0 aromatic heterocycles. The summed E-state index contributed by atoms with van der Waals surface area (Å²) in [7, 11) is 0. The van der Waals surface area contributed by atoms with Crippen LogP contribution in [0.3, 0.4) is 0 Å². The maximum absolute atomic E-state index is 14.6. The van der Waals surface area contributed by atoms with Gasteiger partial charge >= 0.3 is 29.8 Å². The lowest BCUT2D eigenvalue weighted by molar-refractivity contribution is -0.147. The predicted molar refractivity (Wildman–Crippen MR) is 506 cm³/mol. The molecule has 1 aliphatic heterocycles. The molecule has 0 saturated carbocycles. The molecule has 57 nitrogen and oxygen atoms in total.